The SMILES string of the molecule is CC(=O)Nc1cn(Cc2ccccc2)c2ccccc12. The van der Waals surface area contributed by atoms with Crippen LogP contribution in [0.5, 0.6) is 0 Å². The third-order valence-corrected chi connectivity index (χ3v) is 3.30. The van der Waals surface area contributed by atoms with E-state index in [-0.39, 0.29) is 5.91 Å². The van der Waals surface area contributed by atoms with E-state index in [1.165, 1.54) is 12.5 Å². The summed E-state index contributed by atoms with van der Waals surface area (Å²) in [7, 11) is 0. The summed E-state index contributed by atoms with van der Waals surface area (Å²) in [4.78, 5) is 11.3. The molecule has 0 bridgehead atoms. The van der Waals surface area contributed by atoms with Crippen LogP contribution >= 0.6 is 0 Å². The van der Waals surface area contributed by atoms with Crippen LogP contribution in [0.25, 0.3) is 10.9 Å². The zero-order valence-corrected chi connectivity index (χ0v) is 11.3. The molecule has 3 heteroatoms. The predicted octanol–water partition coefficient (Wildman–Crippen LogP) is 3.65. The summed E-state index contributed by atoms with van der Waals surface area (Å²) in [6.45, 7) is 2.32. The lowest BCUT2D eigenvalue weighted by atomic mass is 10.2. The van der Waals surface area contributed by atoms with Gasteiger partial charge >= 0.3 is 0 Å². The average molecular weight is 264 g/mol. The molecule has 0 atom stereocenters. The number of hydrogen-bond acceptors (Lipinski definition) is 1. The summed E-state index contributed by atoms with van der Waals surface area (Å²) in [6.07, 6.45) is 2.00. The van der Waals surface area contributed by atoms with E-state index in [4.69, 9.17) is 0 Å². The smallest absolute Gasteiger partial charge is 0.221 e. The molecule has 0 spiro atoms. The van der Waals surface area contributed by atoms with E-state index in [0.717, 1.165) is 23.1 Å². The third kappa shape index (κ3) is 2.43. The molecule has 0 fully saturated rings. The van der Waals surface area contributed by atoms with Gasteiger partial charge in [0.1, 0.15) is 0 Å². The van der Waals surface area contributed by atoms with Crippen molar-refractivity contribution in [3.8, 4) is 0 Å². The first kappa shape index (κ1) is 12.5. The lowest BCUT2D eigenvalue weighted by Crippen LogP contribution is -2.05. The summed E-state index contributed by atoms with van der Waals surface area (Å²) >= 11 is 0. The van der Waals surface area contributed by atoms with Gasteiger partial charge in [-0.2, -0.15) is 0 Å². The Morgan fingerprint density at radius 1 is 1.05 bits per heavy atom. The summed E-state index contributed by atoms with van der Waals surface area (Å²) in [5.74, 6) is -0.0485. The first-order chi connectivity index (χ1) is 9.74. The number of para-hydroxylation sites is 1. The highest BCUT2D eigenvalue weighted by atomic mass is 16.1. The molecule has 1 aromatic heterocycles. The first-order valence-corrected chi connectivity index (χ1v) is 6.63. The highest BCUT2D eigenvalue weighted by Gasteiger charge is 2.09. The van der Waals surface area contributed by atoms with Gasteiger partial charge in [-0.3, -0.25) is 4.79 Å². The van der Waals surface area contributed by atoms with E-state index in [9.17, 15) is 4.79 Å². The summed E-state index contributed by atoms with van der Waals surface area (Å²) < 4.78 is 2.16. The third-order valence-electron chi connectivity index (χ3n) is 3.30. The van der Waals surface area contributed by atoms with Crippen LogP contribution in [0, 0.1) is 0 Å². The Balaban J connectivity index is 2.04. The van der Waals surface area contributed by atoms with Crippen molar-refractivity contribution >= 4 is 22.5 Å². The molecule has 0 radical (unpaired) electrons. The van der Waals surface area contributed by atoms with Crippen molar-refractivity contribution in [2.24, 2.45) is 0 Å². The molecule has 0 aliphatic carbocycles. The van der Waals surface area contributed by atoms with Crippen molar-refractivity contribution in [1.29, 1.82) is 0 Å². The minimum absolute atomic E-state index is 0.0485. The van der Waals surface area contributed by atoms with Crippen LogP contribution in [0.15, 0.2) is 60.8 Å². The van der Waals surface area contributed by atoms with Crippen LogP contribution in [-0.4, -0.2) is 10.5 Å². The molecule has 1 amide bonds. The van der Waals surface area contributed by atoms with Gasteiger partial charge in [-0.15, -0.1) is 0 Å². The lowest BCUT2D eigenvalue weighted by molar-refractivity contribution is -0.114. The molecular weight excluding hydrogens is 248 g/mol. The van der Waals surface area contributed by atoms with Gasteiger partial charge in [-0.1, -0.05) is 48.5 Å². The molecule has 100 valence electrons. The van der Waals surface area contributed by atoms with E-state index < -0.39 is 0 Å². The molecule has 3 nitrogen and oxygen atoms in total. The fourth-order valence-corrected chi connectivity index (χ4v) is 2.45. The van der Waals surface area contributed by atoms with Gasteiger partial charge in [-0.05, 0) is 11.6 Å². The van der Waals surface area contributed by atoms with Gasteiger partial charge in [0.2, 0.25) is 5.91 Å². The van der Waals surface area contributed by atoms with Crippen LogP contribution in [0.1, 0.15) is 12.5 Å². The molecule has 0 aliphatic rings. The maximum atomic E-state index is 11.3. The Hall–Kier alpha value is -2.55. The van der Waals surface area contributed by atoms with Gasteiger partial charge in [0.05, 0.1) is 11.2 Å². The van der Waals surface area contributed by atoms with E-state index in [1.54, 1.807) is 0 Å². The number of aromatic nitrogens is 1. The van der Waals surface area contributed by atoms with Gasteiger partial charge in [0.25, 0.3) is 0 Å². The van der Waals surface area contributed by atoms with Gasteiger partial charge < -0.3 is 9.88 Å². The molecule has 2 aromatic carbocycles. The Morgan fingerprint density at radius 2 is 1.75 bits per heavy atom. The zero-order valence-electron chi connectivity index (χ0n) is 11.3. The number of nitrogens with zero attached hydrogens (tertiary/aromatic N) is 1. The van der Waals surface area contributed by atoms with Crippen LogP contribution in [0.3, 0.4) is 0 Å². The van der Waals surface area contributed by atoms with Crippen LogP contribution in [-0.2, 0) is 11.3 Å². The molecule has 20 heavy (non-hydrogen) atoms. The monoisotopic (exact) mass is 264 g/mol. The number of carbonyl (C=O) groups excluding carboxylic acids is 1. The van der Waals surface area contributed by atoms with E-state index in [1.807, 2.05) is 42.6 Å². The second-order valence-corrected chi connectivity index (χ2v) is 4.85. The van der Waals surface area contributed by atoms with Crippen molar-refractivity contribution in [3.63, 3.8) is 0 Å². The van der Waals surface area contributed by atoms with Gasteiger partial charge in [-0.25, -0.2) is 0 Å². The van der Waals surface area contributed by atoms with Gasteiger partial charge in [0, 0.05) is 25.1 Å². The maximum Gasteiger partial charge on any atom is 0.221 e. The van der Waals surface area contributed by atoms with Crippen molar-refractivity contribution in [2.45, 2.75) is 13.5 Å². The molecule has 0 unspecified atom stereocenters. The lowest BCUT2D eigenvalue weighted by Gasteiger charge is -2.04. The minimum Gasteiger partial charge on any atom is -0.341 e. The standard InChI is InChI=1S/C17H16N2O/c1-13(20)18-16-12-19(11-14-7-3-2-4-8-14)17-10-6-5-9-15(16)17/h2-10,12H,11H2,1H3,(H,18,20). The molecule has 0 aliphatic heterocycles. The fraction of sp³-hybridized carbons (Fsp3) is 0.118. The highest BCUT2D eigenvalue weighted by molar-refractivity contribution is 6.01. The number of amides is 1. The summed E-state index contributed by atoms with van der Waals surface area (Å²) in [5, 5.41) is 3.96. The Kier molecular flexibility index (Phi) is 3.25. The molecule has 0 saturated carbocycles. The first-order valence-electron chi connectivity index (χ1n) is 6.63. The Bertz CT molecular complexity index is 744. The Morgan fingerprint density at radius 3 is 2.50 bits per heavy atom. The number of fused-ring (bicyclic) bond motifs is 1. The van der Waals surface area contributed by atoms with Crippen molar-refractivity contribution in [2.75, 3.05) is 5.32 Å². The summed E-state index contributed by atoms with van der Waals surface area (Å²) in [5.41, 5.74) is 3.23. The number of hydrogen-bond donors (Lipinski definition) is 1. The van der Waals surface area contributed by atoms with Gasteiger partial charge in [0.15, 0.2) is 0 Å². The van der Waals surface area contributed by atoms with E-state index in [2.05, 4.69) is 28.1 Å². The molecule has 1 heterocycles. The molecule has 3 rings (SSSR count). The van der Waals surface area contributed by atoms with Crippen LogP contribution in [0.4, 0.5) is 5.69 Å². The largest absolute Gasteiger partial charge is 0.341 e. The normalized spacial score (nSPS) is 10.7. The number of nitrogens with one attached hydrogen (secondary N) is 1. The topological polar surface area (TPSA) is 34.0 Å². The quantitative estimate of drug-likeness (QED) is 0.769. The number of benzene rings is 2. The van der Waals surface area contributed by atoms with E-state index in [0.29, 0.717) is 0 Å². The highest BCUT2D eigenvalue weighted by Crippen LogP contribution is 2.26. The molecule has 0 saturated heterocycles. The second kappa shape index (κ2) is 5.21. The van der Waals surface area contributed by atoms with Crippen molar-refractivity contribution < 1.29 is 4.79 Å². The van der Waals surface area contributed by atoms with Crippen LogP contribution in [0.2, 0.25) is 0 Å². The predicted molar refractivity (Wildman–Crippen MR) is 81.8 cm³/mol. The maximum absolute atomic E-state index is 11.3. The summed E-state index contributed by atoms with van der Waals surface area (Å²) in [6, 6.07) is 18.4. The van der Waals surface area contributed by atoms with Crippen LogP contribution < -0.4 is 5.32 Å². The fourth-order valence-electron chi connectivity index (χ4n) is 2.45. The second-order valence-electron chi connectivity index (χ2n) is 4.85. The Labute approximate surface area is 117 Å². The number of carbonyl (C=O) groups is 1. The van der Waals surface area contributed by atoms with Crippen molar-refractivity contribution in [3.05, 3.63) is 66.4 Å². The number of anilines is 1. The number of rotatable bonds is 3. The molecular formula is C17H16N2O. The molecule has 3 aromatic rings. The van der Waals surface area contributed by atoms with E-state index >= 15 is 0 Å². The molecule has 1 N–H and O–H groups in total. The zero-order chi connectivity index (χ0) is 13.9. The minimum atomic E-state index is -0.0485. The average Bonchev–Trinajstić information content (AvgIpc) is 2.78. The van der Waals surface area contributed by atoms with Crippen molar-refractivity contribution in [1.82, 2.24) is 4.57 Å².